The van der Waals surface area contributed by atoms with Gasteiger partial charge in [0.1, 0.15) is 0 Å². The Bertz CT molecular complexity index is 166. The monoisotopic (exact) mass is 358 g/mol. The summed E-state index contributed by atoms with van der Waals surface area (Å²) >= 11 is 0. The summed E-state index contributed by atoms with van der Waals surface area (Å²) in [4.78, 5) is 19.5. The van der Waals surface area contributed by atoms with Crippen LogP contribution in [0.3, 0.4) is 0 Å². The number of carboxylic acids is 2. The molecule has 0 aliphatic carbocycles. The topological polar surface area (TPSA) is 115 Å². The molecule has 0 rings (SSSR count). The van der Waals surface area contributed by atoms with E-state index in [0.717, 1.165) is 0 Å². The second kappa shape index (κ2) is 22.8. The molecule has 0 radical (unpaired) electrons. The first kappa shape index (κ1) is 42.8. The molecule has 0 amide bonds. The molecule has 12 heteroatoms. The van der Waals surface area contributed by atoms with Crippen LogP contribution < -0.4 is 80.9 Å². The number of carboxylic acid groups (broad SMARTS) is 2. The van der Waals surface area contributed by atoms with Gasteiger partial charge >= 0.3 is 92.9 Å². The van der Waals surface area contributed by atoms with E-state index in [1.54, 1.807) is 0 Å². The average molecular weight is 360 g/mol. The predicted octanol–water partition coefficient (Wildman–Crippen LogP) is -6.20. The van der Waals surface area contributed by atoms with E-state index in [1.165, 1.54) is 0 Å². The third-order valence-electron chi connectivity index (χ3n) is 0.805. The van der Waals surface area contributed by atoms with Gasteiger partial charge in [0.2, 0.25) is 0 Å². The molecule has 0 aromatic rings. The van der Waals surface area contributed by atoms with E-state index >= 15 is 0 Å². The van der Waals surface area contributed by atoms with Crippen LogP contribution in [0.5, 0.6) is 0 Å². The van der Waals surface area contributed by atoms with Gasteiger partial charge in [-0.3, -0.25) is 0 Å². The molecule has 2 atom stereocenters. The van der Waals surface area contributed by atoms with Gasteiger partial charge in [-0.2, -0.15) is 0 Å². The fraction of sp³-hybridized carbons (Fsp3) is 0.500. The normalized spacial score (nSPS) is 9.88. The fourth-order valence-corrected chi connectivity index (χ4v) is 0.270. The maximum absolute atomic E-state index is 9.77. The van der Waals surface area contributed by atoms with Crippen LogP contribution in [0.4, 0.5) is 0 Å². The van der Waals surface area contributed by atoms with Gasteiger partial charge in [0.15, 0.2) is 12.2 Å². The number of hydrogen-bond donors (Lipinski definition) is 4. The van der Waals surface area contributed by atoms with Crippen molar-refractivity contribution in [2.24, 2.45) is 0 Å². The molecule has 0 aromatic heterocycles. The number of aliphatic hydroxyl groups is 2. The summed E-state index contributed by atoms with van der Waals surface area (Å²) in [6.45, 7) is 0. The van der Waals surface area contributed by atoms with Crippen LogP contribution in [-0.2, 0) is 9.59 Å². The summed E-state index contributed by atoms with van der Waals surface area (Å²) in [5, 5.41) is 32.5. The van der Waals surface area contributed by atoms with Crippen LogP contribution >= 0.6 is 49.6 Å². The van der Waals surface area contributed by atoms with Gasteiger partial charge in [0.25, 0.3) is 0 Å². The summed E-state index contributed by atoms with van der Waals surface area (Å²) in [6, 6.07) is 0. The summed E-state index contributed by atoms with van der Waals surface area (Å²) in [7, 11) is 0. The van der Waals surface area contributed by atoms with E-state index in [2.05, 4.69) is 0 Å². The Morgan fingerprint density at radius 1 is 0.812 bits per heavy atom. The number of carbonyl (C=O) groups is 2. The third-order valence-corrected chi connectivity index (χ3v) is 0.805. The zero-order valence-electron chi connectivity index (χ0n) is 10.4. The van der Waals surface area contributed by atoms with Crippen molar-refractivity contribution in [3.8, 4) is 0 Å². The van der Waals surface area contributed by atoms with Crippen molar-refractivity contribution in [1.29, 1.82) is 0 Å². The van der Waals surface area contributed by atoms with Crippen molar-refractivity contribution in [3.05, 3.63) is 0 Å². The minimum Gasteiger partial charge on any atom is -1.00 e. The van der Waals surface area contributed by atoms with Crippen LogP contribution in [0.15, 0.2) is 0 Å². The Hall–Kier alpha value is 2.66. The minimum absolute atomic E-state index is 0. The number of halogens is 4. The van der Waals surface area contributed by atoms with E-state index in [1.807, 2.05) is 0 Å². The molecule has 2 unspecified atom stereocenters. The zero-order chi connectivity index (χ0) is 8.31. The molecule has 0 spiro atoms. The number of aliphatic carboxylic acids is 2. The van der Waals surface area contributed by atoms with E-state index in [4.69, 9.17) is 20.4 Å². The fourth-order valence-electron chi connectivity index (χ4n) is 0.270. The Morgan fingerprint density at radius 3 is 1.00 bits per heavy atom. The number of rotatable bonds is 3. The third kappa shape index (κ3) is 19.0. The quantitative estimate of drug-likeness (QED) is 0.373. The maximum atomic E-state index is 9.77. The molecule has 4 N–H and O–H groups in total. The van der Waals surface area contributed by atoms with Crippen LogP contribution in [0.25, 0.3) is 0 Å². The molecule has 16 heavy (non-hydrogen) atoms. The summed E-state index contributed by atoms with van der Waals surface area (Å²) < 4.78 is 0. The van der Waals surface area contributed by atoms with E-state index in [9.17, 15) is 9.59 Å². The molecule has 94 valence electrons. The van der Waals surface area contributed by atoms with Crippen molar-refractivity contribution in [3.63, 3.8) is 0 Å². The molecule has 0 saturated carbocycles. The first-order valence-corrected chi connectivity index (χ1v) is 2.28. The van der Waals surface area contributed by atoms with E-state index < -0.39 is 24.1 Å². The number of aliphatic hydroxyl groups excluding tert-OH is 2. The SMILES string of the molecule is Cl.Cl.Cl.Cl.O=C(O)C(O)C(O)C(=O)O.[H-].[H-].[K+].[Na+]. The van der Waals surface area contributed by atoms with Gasteiger partial charge < -0.3 is 23.3 Å². The molecular formula is C4H12Cl4KNaO6. The molecule has 6 nitrogen and oxygen atoms in total. The Morgan fingerprint density at radius 2 is 0.938 bits per heavy atom. The standard InChI is InChI=1S/C4H6O6.4ClH.K.Na.2H/c5-1(3(7)8)2(6)4(9)10;;;;;;;;/h1-2,5-6H,(H,7,8)(H,9,10);4*1H;;;;/q;;;;;2*+1;2*-1. The van der Waals surface area contributed by atoms with Crippen molar-refractivity contribution < 1.29 is 114 Å². The molecule has 0 heterocycles. The second-order valence-corrected chi connectivity index (χ2v) is 1.57. The molecule has 0 aliphatic heterocycles. The smallest absolute Gasteiger partial charge is 1.00 e. The largest absolute Gasteiger partial charge is 1.00 e. The maximum Gasteiger partial charge on any atom is 1.00 e. The second-order valence-electron chi connectivity index (χ2n) is 1.57. The Labute approximate surface area is 184 Å². The molecule has 0 saturated heterocycles. The van der Waals surface area contributed by atoms with Gasteiger partial charge in [0.05, 0.1) is 0 Å². The molecule has 0 fully saturated rings. The Kier molecular flexibility index (Phi) is 61.0. The average Bonchev–Trinajstić information content (AvgIpc) is 1.84. The van der Waals surface area contributed by atoms with Crippen LogP contribution in [-0.4, -0.2) is 44.6 Å². The van der Waals surface area contributed by atoms with E-state index in [-0.39, 0.29) is 133 Å². The summed E-state index contributed by atoms with van der Waals surface area (Å²) in [5.74, 6) is -3.54. The molecule has 0 aromatic carbocycles. The van der Waals surface area contributed by atoms with Crippen molar-refractivity contribution in [2.45, 2.75) is 12.2 Å². The van der Waals surface area contributed by atoms with Crippen LogP contribution in [0.1, 0.15) is 2.85 Å². The van der Waals surface area contributed by atoms with Crippen molar-refractivity contribution in [1.82, 2.24) is 0 Å². The summed E-state index contributed by atoms with van der Waals surface area (Å²) in [5.41, 5.74) is 0. The first-order chi connectivity index (χ1) is 4.46. The molecular weight excluding hydrogens is 348 g/mol. The van der Waals surface area contributed by atoms with Gasteiger partial charge in [0, 0.05) is 0 Å². The van der Waals surface area contributed by atoms with Gasteiger partial charge in [-0.05, 0) is 0 Å². The zero-order valence-corrected chi connectivity index (χ0v) is 16.8. The van der Waals surface area contributed by atoms with E-state index in [0.29, 0.717) is 0 Å². The number of hydrogen-bond acceptors (Lipinski definition) is 4. The minimum atomic E-state index is -2.27. The molecule has 0 bridgehead atoms. The van der Waals surface area contributed by atoms with Crippen molar-refractivity contribution in [2.75, 3.05) is 0 Å². The van der Waals surface area contributed by atoms with Crippen LogP contribution in [0.2, 0.25) is 0 Å². The van der Waals surface area contributed by atoms with Crippen molar-refractivity contribution >= 4 is 61.6 Å². The van der Waals surface area contributed by atoms with Gasteiger partial charge in [-0.15, -0.1) is 49.6 Å². The molecule has 0 aliphatic rings. The predicted molar refractivity (Wildman–Crippen MR) is 58.5 cm³/mol. The summed E-state index contributed by atoms with van der Waals surface area (Å²) in [6.07, 6.45) is -4.53. The van der Waals surface area contributed by atoms with Gasteiger partial charge in [-0.25, -0.2) is 9.59 Å². The Balaban J connectivity index is -0.0000000145. The van der Waals surface area contributed by atoms with Crippen LogP contribution in [0, 0.1) is 0 Å². The first-order valence-electron chi connectivity index (χ1n) is 2.28. The van der Waals surface area contributed by atoms with Gasteiger partial charge in [-0.1, -0.05) is 0 Å².